The molecule has 0 saturated carbocycles. The van der Waals surface area contributed by atoms with Gasteiger partial charge in [0.25, 0.3) is 0 Å². The quantitative estimate of drug-likeness (QED) is 0.877. The van der Waals surface area contributed by atoms with E-state index in [4.69, 9.17) is 11.6 Å². The number of nitrogens with zero attached hydrogens (tertiary/aromatic N) is 1. The maximum atomic E-state index is 11.8. The predicted octanol–water partition coefficient (Wildman–Crippen LogP) is 2.92. The first-order valence-electron chi connectivity index (χ1n) is 6.77. The van der Waals surface area contributed by atoms with Crippen LogP contribution in [0.15, 0.2) is 18.2 Å². The minimum Gasteiger partial charge on any atom is -0.356 e. The van der Waals surface area contributed by atoms with Crippen molar-refractivity contribution >= 4 is 29.1 Å². The second kappa shape index (κ2) is 7.90. The Morgan fingerprint density at radius 2 is 2.05 bits per heavy atom. The maximum absolute atomic E-state index is 11.8. The van der Waals surface area contributed by atoms with Crippen LogP contribution in [-0.4, -0.2) is 24.9 Å². The van der Waals surface area contributed by atoms with Crippen molar-refractivity contribution in [2.24, 2.45) is 0 Å². The predicted molar refractivity (Wildman–Crippen MR) is 82.1 cm³/mol. The molecule has 0 aromatic heterocycles. The smallest absolute Gasteiger partial charge is 0.223 e. The first kappa shape index (κ1) is 16.5. The van der Waals surface area contributed by atoms with Crippen molar-refractivity contribution in [3.63, 3.8) is 0 Å². The first-order valence-corrected chi connectivity index (χ1v) is 7.15. The summed E-state index contributed by atoms with van der Waals surface area (Å²) in [7, 11) is 0. The van der Waals surface area contributed by atoms with Gasteiger partial charge in [-0.25, -0.2) is 0 Å². The molecule has 5 heteroatoms. The van der Waals surface area contributed by atoms with Crippen molar-refractivity contribution in [1.82, 2.24) is 5.32 Å². The van der Waals surface area contributed by atoms with E-state index in [0.29, 0.717) is 18.1 Å². The third-order valence-corrected chi connectivity index (χ3v) is 3.45. The summed E-state index contributed by atoms with van der Waals surface area (Å²) in [5, 5.41) is 3.42. The largest absolute Gasteiger partial charge is 0.356 e. The Morgan fingerprint density at radius 3 is 2.65 bits per heavy atom. The summed E-state index contributed by atoms with van der Waals surface area (Å²) in [6.45, 7) is 6.37. The number of hydrogen-bond donors (Lipinski definition) is 1. The molecule has 0 unspecified atom stereocenters. The molecule has 0 bridgehead atoms. The number of nitrogens with one attached hydrogen (secondary N) is 1. The zero-order chi connectivity index (χ0) is 15.1. The molecule has 0 fully saturated rings. The lowest BCUT2D eigenvalue weighted by atomic mass is 10.1. The van der Waals surface area contributed by atoms with Crippen LogP contribution in [0.4, 0.5) is 5.69 Å². The van der Waals surface area contributed by atoms with Gasteiger partial charge < -0.3 is 10.2 Å². The molecule has 1 aromatic rings. The van der Waals surface area contributed by atoms with Crippen molar-refractivity contribution < 1.29 is 9.59 Å². The van der Waals surface area contributed by atoms with Crippen molar-refractivity contribution in [3.05, 3.63) is 28.8 Å². The fourth-order valence-corrected chi connectivity index (χ4v) is 2.07. The second-order valence-electron chi connectivity index (χ2n) is 4.65. The number of anilines is 1. The third-order valence-electron chi connectivity index (χ3n) is 3.04. The molecule has 4 nitrogen and oxygen atoms in total. The van der Waals surface area contributed by atoms with Crippen LogP contribution in [-0.2, 0) is 9.59 Å². The fraction of sp³-hybridized carbons (Fsp3) is 0.467. The monoisotopic (exact) mass is 296 g/mol. The topological polar surface area (TPSA) is 49.4 Å². The Hall–Kier alpha value is -1.55. The summed E-state index contributed by atoms with van der Waals surface area (Å²) in [5.74, 6) is -0.142. The molecule has 110 valence electrons. The van der Waals surface area contributed by atoms with Gasteiger partial charge in [-0.1, -0.05) is 24.6 Å². The van der Waals surface area contributed by atoms with Crippen LogP contribution in [0.5, 0.6) is 0 Å². The number of hydrogen-bond acceptors (Lipinski definition) is 2. The maximum Gasteiger partial charge on any atom is 0.223 e. The first-order chi connectivity index (χ1) is 9.47. The van der Waals surface area contributed by atoms with Crippen LogP contribution in [0.3, 0.4) is 0 Å². The average Bonchev–Trinajstić information content (AvgIpc) is 2.40. The van der Waals surface area contributed by atoms with Crippen LogP contribution in [0.2, 0.25) is 5.02 Å². The van der Waals surface area contributed by atoms with Gasteiger partial charge in [0.2, 0.25) is 11.8 Å². The lowest BCUT2D eigenvalue weighted by Gasteiger charge is -2.23. The van der Waals surface area contributed by atoms with Crippen molar-refractivity contribution in [3.8, 4) is 0 Å². The normalized spacial score (nSPS) is 10.2. The Morgan fingerprint density at radius 1 is 1.35 bits per heavy atom. The van der Waals surface area contributed by atoms with Crippen molar-refractivity contribution in [1.29, 1.82) is 0 Å². The molecule has 0 heterocycles. The molecule has 0 aliphatic rings. The van der Waals surface area contributed by atoms with Crippen molar-refractivity contribution in [2.75, 3.05) is 18.0 Å². The molecular weight excluding hydrogens is 276 g/mol. The highest BCUT2D eigenvalue weighted by Gasteiger charge is 2.16. The van der Waals surface area contributed by atoms with Crippen LogP contribution < -0.4 is 10.2 Å². The van der Waals surface area contributed by atoms with E-state index in [-0.39, 0.29) is 18.2 Å². The highest BCUT2D eigenvalue weighted by molar-refractivity contribution is 6.31. The molecule has 1 aromatic carbocycles. The zero-order valence-corrected chi connectivity index (χ0v) is 13.0. The molecule has 0 radical (unpaired) electrons. The van der Waals surface area contributed by atoms with E-state index in [1.165, 1.54) is 6.92 Å². The fourth-order valence-electron chi connectivity index (χ4n) is 1.90. The highest BCUT2D eigenvalue weighted by Crippen LogP contribution is 2.26. The van der Waals surface area contributed by atoms with Gasteiger partial charge in [-0.05, 0) is 31.0 Å². The molecular formula is C15H21ClN2O2. The molecule has 1 rings (SSSR count). The number of carbonyl (C=O) groups excluding carboxylic acids is 2. The lowest BCUT2D eigenvalue weighted by Crippen LogP contribution is -2.34. The summed E-state index contributed by atoms with van der Waals surface area (Å²) in [6.07, 6.45) is 1.18. The number of carbonyl (C=O) groups is 2. The third kappa shape index (κ3) is 4.53. The molecule has 1 N–H and O–H groups in total. The number of benzene rings is 1. The second-order valence-corrected chi connectivity index (χ2v) is 5.06. The van der Waals surface area contributed by atoms with E-state index in [2.05, 4.69) is 5.32 Å². The minimum atomic E-state index is -0.0985. The van der Waals surface area contributed by atoms with Crippen LogP contribution in [0, 0.1) is 6.92 Å². The summed E-state index contributed by atoms with van der Waals surface area (Å²) in [5.41, 5.74) is 1.60. The standard InChI is InChI=1S/C15H21ClN2O2/c1-4-9-17-15(20)8-10-18(12(3)19)14-7-5-6-13(16)11(14)2/h5-7H,4,8-10H2,1-3H3,(H,17,20). The molecule has 0 aliphatic carbocycles. The average molecular weight is 297 g/mol. The van der Waals surface area contributed by atoms with Gasteiger partial charge >= 0.3 is 0 Å². The van der Waals surface area contributed by atoms with Gasteiger partial charge in [0, 0.05) is 37.1 Å². The molecule has 20 heavy (non-hydrogen) atoms. The Balaban J connectivity index is 2.78. The molecule has 0 saturated heterocycles. The highest BCUT2D eigenvalue weighted by atomic mass is 35.5. The van der Waals surface area contributed by atoms with Crippen LogP contribution in [0.25, 0.3) is 0 Å². The Kier molecular flexibility index (Phi) is 6.52. The van der Waals surface area contributed by atoms with Gasteiger partial charge in [0.1, 0.15) is 0 Å². The number of halogens is 1. The summed E-state index contributed by atoms with van der Waals surface area (Å²) >= 11 is 6.08. The molecule has 2 amide bonds. The van der Waals surface area contributed by atoms with E-state index >= 15 is 0 Å². The van der Waals surface area contributed by atoms with Gasteiger partial charge in [0.15, 0.2) is 0 Å². The van der Waals surface area contributed by atoms with Gasteiger partial charge in [-0.2, -0.15) is 0 Å². The number of rotatable bonds is 6. The van der Waals surface area contributed by atoms with Gasteiger partial charge in [0.05, 0.1) is 0 Å². The lowest BCUT2D eigenvalue weighted by molar-refractivity contribution is -0.121. The summed E-state index contributed by atoms with van der Waals surface area (Å²) < 4.78 is 0. The van der Waals surface area contributed by atoms with Crippen molar-refractivity contribution in [2.45, 2.75) is 33.6 Å². The van der Waals surface area contributed by atoms with E-state index in [0.717, 1.165) is 17.7 Å². The molecule has 0 atom stereocenters. The van der Waals surface area contributed by atoms with Crippen LogP contribution >= 0.6 is 11.6 Å². The summed E-state index contributed by atoms with van der Waals surface area (Å²) in [6, 6.07) is 5.43. The summed E-state index contributed by atoms with van der Waals surface area (Å²) in [4.78, 5) is 25.0. The van der Waals surface area contributed by atoms with Gasteiger partial charge in [-0.15, -0.1) is 0 Å². The Labute approximate surface area is 125 Å². The molecule has 0 aliphatic heterocycles. The van der Waals surface area contributed by atoms with Crippen LogP contribution in [0.1, 0.15) is 32.3 Å². The zero-order valence-electron chi connectivity index (χ0n) is 12.2. The minimum absolute atomic E-state index is 0.0437. The van der Waals surface area contributed by atoms with Gasteiger partial charge in [-0.3, -0.25) is 9.59 Å². The molecule has 0 spiro atoms. The number of amides is 2. The van der Waals surface area contributed by atoms with E-state index < -0.39 is 0 Å². The van der Waals surface area contributed by atoms with E-state index in [1.807, 2.05) is 19.9 Å². The van der Waals surface area contributed by atoms with E-state index in [1.54, 1.807) is 17.0 Å². The Bertz CT molecular complexity index is 489. The SMILES string of the molecule is CCCNC(=O)CCN(C(C)=O)c1cccc(Cl)c1C. The van der Waals surface area contributed by atoms with E-state index in [9.17, 15) is 9.59 Å².